The Hall–Kier alpha value is -0.650. The van der Waals surface area contributed by atoms with Crippen LogP contribution >= 0.6 is 15.9 Å². The lowest BCUT2D eigenvalue weighted by molar-refractivity contribution is 0.256. The summed E-state index contributed by atoms with van der Waals surface area (Å²) >= 11 is 3.43. The molecule has 5 heteroatoms. The molecule has 3 nitrogen and oxygen atoms in total. The summed E-state index contributed by atoms with van der Waals surface area (Å²) in [5, 5.41) is 0. The Bertz CT molecular complexity index is 392. The van der Waals surface area contributed by atoms with E-state index in [1.165, 1.54) is 12.1 Å². The fourth-order valence-corrected chi connectivity index (χ4v) is 2.87. The Morgan fingerprint density at radius 1 is 1.22 bits per heavy atom. The summed E-state index contributed by atoms with van der Waals surface area (Å²) in [5.41, 5.74) is 6.60. The first kappa shape index (κ1) is 13.8. The van der Waals surface area contributed by atoms with Crippen molar-refractivity contribution in [3.63, 3.8) is 0 Å². The number of halogens is 2. The average Bonchev–Trinajstić information content (AvgIpc) is 2.37. The van der Waals surface area contributed by atoms with Crippen LogP contribution in [0.5, 0.6) is 0 Å². The predicted octanol–water partition coefficient (Wildman–Crippen LogP) is 2.06. The van der Waals surface area contributed by atoms with E-state index < -0.39 is 0 Å². The van der Waals surface area contributed by atoms with Crippen molar-refractivity contribution in [2.45, 2.75) is 6.42 Å². The van der Waals surface area contributed by atoms with Crippen LogP contribution in [0.2, 0.25) is 0 Å². The summed E-state index contributed by atoms with van der Waals surface area (Å²) in [6, 6.07) is 4.88. The monoisotopic (exact) mass is 315 g/mol. The molecule has 0 radical (unpaired) electrons. The zero-order valence-electron chi connectivity index (χ0n) is 10.4. The third-order valence-corrected chi connectivity index (χ3v) is 3.94. The largest absolute Gasteiger partial charge is 0.368 e. The highest BCUT2D eigenvalue weighted by atomic mass is 79.9. The smallest absolute Gasteiger partial charge is 0.124 e. The van der Waals surface area contributed by atoms with Gasteiger partial charge in [-0.05, 0) is 53.6 Å². The van der Waals surface area contributed by atoms with Crippen molar-refractivity contribution in [2.75, 3.05) is 44.2 Å². The van der Waals surface area contributed by atoms with Gasteiger partial charge in [0, 0.05) is 30.7 Å². The quantitative estimate of drug-likeness (QED) is 0.923. The molecule has 0 atom stereocenters. The number of benzene rings is 1. The van der Waals surface area contributed by atoms with Gasteiger partial charge in [-0.3, -0.25) is 4.90 Å². The van der Waals surface area contributed by atoms with Crippen molar-refractivity contribution < 1.29 is 4.39 Å². The molecule has 0 unspecified atom stereocenters. The molecule has 1 saturated heterocycles. The fraction of sp³-hybridized carbons (Fsp3) is 0.538. The first-order valence-corrected chi connectivity index (χ1v) is 7.12. The number of piperazine rings is 1. The summed E-state index contributed by atoms with van der Waals surface area (Å²) < 4.78 is 13.9. The normalized spacial score (nSPS) is 17.2. The molecule has 0 amide bonds. The molecular weight excluding hydrogens is 297 g/mol. The Kier molecular flexibility index (Phi) is 4.97. The van der Waals surface area contributed by atoms with Crippen LogP contribution < -0.4 is 10.6 Å². The van der Waals surface area contributed by atoms with Gasteiger partial charge in [0.15, 0.2) is 0 Å². The second kappa shape index (κ2) is 6.50. The van der Waals surface area contributed by atoms with E-state index in [0.717, 1.165) is 55.8 Å². The topological polar surface area (TPSA) is 32.5 Å². The SMILES string of the molecule is NCCCN1CCN(c2ccc(F)cc2Br)CC1. The van der Waals surface area contributed by atoms with Gasteiger partial charge in [-0.15, -0.1) is 0 Å². The molecule has 0 saturated carbocycles. The summed E-state index contributed by atoms with van der Waals surface area (Å²) in [5.74, 6) is -0.202. The molecule has 0 spiro atoms. The second-order valence-corrected chi connectivity index (χ2v) is 5.42. The van der Waals surface area contributed by atoms with Crippen molar-refractivity contribution in [3.05, 3.63) is 28.5 Å². The summed E-state index contributed by atoms with van der Waals surface area (Å²) in [6.45, 7) is 5.88. The number of anilines is 1. The Labute approximate surface area is 116 Å². The summed E-state index contributed by atoms with van der Waals surface area (Å²) in [4.78, 5) is 4.73. The molecule has 1 heterocycles. The summed E-state index contributed by atoms with van der Waals surface area (Å²) in [6.07, 6.45) is 1.06. The maximum absolute atomic E-state index is 13.0. The van der Waals surface area contributed by atoms with E-state index in [4.69, 9.17) is 5.73 Å². The van der Waals surface area contributed by atoms with Crippen molar-refractivity contribution in [2.24, 2.45) is 5.73 Å². The van der Waals surface area contributed by atoms with Crippen LogP contribution in [-0.2, 0) is 0 Å². The van der Waals surface area contributed by atoms with Crippen molar-refractivity contribution >= 4 is 21.6 Å². The molecule has 0 bridgehead atoms. The van der Waals surface area contributed by atoms with E-state index in [2.05, 4.69) is 25.7 Å². The lowest BCUT2D eigenvalue weighted by Gasteiger charge is -2.36. The molecule has 2 rings (SSSR count). The molecule has 0 aliphatic carbocycles. The molecule has 100 valence electrons. The van der Waals surface area contributed by atoms with E-state index in [9.17, 15) is 4.39 Å². The Morgan fingerprint density at radius 3 is 2.56 bits per heavy atom. The average molecular weight is 316 g/mol. The van der Waals surface area contributed by atoms with E-state index in [1.54, 1.807) is 0 Å². The molecule has 1 aliphatic heterocycles. The minimum Gasteiger partial charge on any atom is -0.368 e. The maximum atomic E-state index is 13.0. The molecular formula is C13H19BrFN3. The molecule has 1 aromatic rings. The van der Waals surface area contributed by atoms with Gasteiger partial charge < -0.3 is 10.6 Å². The van der Waals surface area contributed by atoms with E-state index in [-0.39, 0.29) is 5.82 Å². The molecule has 0 aromatic heterocycles. The first-order valence-electron chi connectivity index (χ1n) is 6.33. The lowest BCUT2D eigenvalue weighted by Crippen LogP contribution is -2.47. The minimum atomic E-state index is -0.202. The van der Waals surface area contributed by atoms with Crippen molar-refractivity contribution in [1.82, 2.24) is 4.90 Å². The van der Waals surface area contributed by atoms with E-state index >= 15 is 0 Å². The highest BCUT2D eigenvalue weighted by Gasteiger charge is 2.18. The molecule has 1 aromatic carbocycles. The molecule has 2 N–H and O–H groups in total. The standard InChI is InChI=1S/C13H19BrFN3/c14-12-10-11(15)2-3-13(12)18-8-6-17(7-9-18)5-1-4-16/h2-3,10H,1,4-9,16H2. The van der Waals surface area contributed by atoms with Crippen molar-refractivity contribution in [3.8, 4) is 0 Å². The second-order valence-electron chi connectivity index (χ2n) is 4.57. The van der Waals surface area contributed by atoms with Gasteiger partial charge in [0.05, 0.1) is 5.69 Å². The van der Waals surface area contributed by atoms with Crippen LogP contribution in [0.15, 0.2) is 22.7 Å². The van der Waals surface area contributed by atoms with E-state index in [1.807, 2.05) is 6.07 Å². The van der Waals surface area contributed by atoms with Crippen LogP contribution in [0, 0.1) is 5.82 Å². The van der Waals surface area contributed by atoms with Gasteiger partial charge in [-0.25, -0.2) is 4.39 Å². The highest BCUT2D eigenvalue weighted by molar-refractivity contribution is 9.10. The molecule has 1 aliphatic rings. The van der Waals surface area contributed by atoms with Crippen LogP contribution in [0.1, 0.15) is 6.42 Å². The van der Waals surface area contributed by atoms with Crippen LogP contribution in [0.3, 0.4) is 0 Å². The van der Waals surface area contributed by atoms with Crippen LogP contribution in [0.4, 0.5) is 10.1 Å². The first-order chi connectivity index (χ1) is 8.70. The maximum Gasteiger partial charge on any atom is 0.124 e. The lowest BCUT2D eigenvalue weighted by atomic mass is 10.2. The molecule has 1 fully saturated rings. The Morgan fingerprint density at radius 2 is 1.94 bits per heavy atom. The third kappa shape index (κ3) is 3.43. The van der Waals surface area contributed by atoms with Crippen LogP contribution in [-0.4, -0.2) is 44.2 Å². The van der Waals surface area contributed by atoms with Crippen LogP contribution in [0.25, 0.3) is 0 Å². The van der Waals surface area contributed by atoms with E-state index in [0.29, 0.717) is 0 Å². The minimum absolute atomic E-state index is 0.202. The number of nitrogens with two attached hydrogens (primary N) is 1. The number of hydrogen-bond acceptors (Lipinski definition) is 3. The zero-order valence-corrected chi connectivity index (χ0v) is 12.0. The van der Waals surface area contributed by atoms with Gasteiger partial charge in [-0.1, -0.05) is 0 Å². The van der Waals surface area contributed by atoms with Crippen molar-refractivity contribution in [1.29, 1.82) is 0 Å². The van der Waals surface area contributed by atoms with Gasteiger partial charge in [0.2, 0.25) is 0 Å². The third-order valence-electron chi connectivity index (χ3n) is 3.30. The molecule has 18 heavy (non-hydrogen) atoms. The van der Waals surface area contributed by atoms with Gasteiger partial charge in [0.1, 0.15) is 5.82 Å². The number of nitrogens with zero attached hydrogens (tertiary/aromatic N) is 2. The highest BCUT2D eigenvalue weighted by Crippen LogP contribution is 2.27. The van der Waals surface area contributed by atoms with Gasteiger partial charge in [0.25, 0.3) is 0 Å². The van der Waals surface area contributed by atoms with Gasteiger partial charge >= 0.3 is 0 Å². The zero-order chi connectivity index (χ0) is 13.0. The number of hydrogen-bond donors (Lipinski definition) is 1. The number of rotatable bonds is 4. The Balaban J connectivity index is 1.93. The summed E-state index contributed by atoms with van der Waals surface area (Å²) in [7, 11) is 0. The fourth-order valence-electron chi connectivity index (χ4n) is 2.27. The predicted molar refractivity (Wildman–Crippen MR) is 76.4 cm³/mol. The van der Waals surface area contributed by atoms with Gasteiger partial charge in [-0.2, -0.15) is 0 Å².